The molecule has 1 aromatic carbocycles. The zero-order chi connectivity index (χ0) is 14.7. The highest BCUT2D eigenvalue weighted by molar-refractivity contribution is 6.03. The van der Waals surface area contributed by atoms with Gasteiger partial charge < -0.3 is 14.8 Å². The number of benzene rings is 1. The number of nitrogens with one attached hydrogen (secondary N) is 1. The van der Waals surface area contributed by atoms with Crippen LogP contribution in [-0.4, -0.2) is 17.0 Å². The van der Waals surface area contributed by atoms with Crippen molar-refractivity contribution in [1.29, 1.82) is 0 Å². The summed E-state index contributed by atoms with van der Waals surface area (Å²) in [6, 6.07) is 7.91. The zero-order valence-corrected chi connectivity index (χ0v) is 11.3. The van der Waals surface area contributed by atoms with Gasteiger partial charge in [0.05, 0.1) is 5.56 Å². The van der Waals surface area contributed by atoms with Gasteiger partial charge in [0.1, 0.15) is 5.76 Å². The molecule has 20 heavy (non-hydrogen) atoms. The van der Waals surface area contributed by atoms with Crippen LogP contribution in [-0.2, 0) is 6.42 Å². The van der Waals surface area contributed by atoms with Crippen LogP contribution >= 0.6 is 0 Å². The number of carboxylic acid groups (broad SMARTS) is 1. The van der Waals surface area contributed by atoms with Crippen molar-refractivity contribution in [3.63, 3.8) is 0 Å². The highest BCUT2D eigenvalue weighted by Gasteiger charge is 2.13. The molecule has 0 aliphatic heterocycles. The average molecular weight is 273 g/mol. The van der Waals surface area contributed by atoms with Crippen LogP contribution in [0.15, 0.2) is 34.7 Å². The Morgan fingerprint density at radius 1 is 1.25 bits per heavy atom. The Bertz CT molecular complexity index is 658. The van der Waals surface area contributed by atoms with Gasteiger partial charge in [0.25, 0.3) is 5.91 Å². The van der Waals surface area contributed by atoms with Gasteiger partial charge in [-0.1, -0.05) is 6.92 Å². The Balaban J connectivity index is 2.17. The predicted molar refractivity (Wildman–Crippen MR) is 74.2 cm³/mol. The number of aromatic carboxylic acids is 1. The molecule has 2 N–H and O–H groups in total. The molecule has 2 rings (SSSR count). The zero-order valence-electron chi connectivity index (χ0n) is 11.3. The first-order valence-corrected chi connectivity index (χ1v) is 6.25. The fourth-order valence-corrected chi connectivity index (χ4v) is 1.81. The van der Waals surface area contributed by atoms with Crippen molar-refractivity contribution in [2.75, 3.05) is 5.32 Å². The van der Waals surface area contributed by atoms with Crippen LogP contribution in [0.3, 0.4) is 0 Å². The Morgan fingerprint density at radius 3 is 2.55 bits per heavy atom. The van der Waals surface area contributed by atoms with E-state index in [1.165, 1.54) is 12.1 Å². The van der Waals surface area contributed by atoms with E-state index in [9.17, 15) is 9.59 Å². The number of amides is 1. The number of carboxylic acids is 1. The third-order valence-electron chi connectivity index (χ3n) is 2.96. The second-order valence-electron chi connectivity index (χ2n) is 4.41. The molecular formula is C15H15NO4. The smallest absolute Gasteiger partial charge is 0.335 e. The molecule has 0 aliphatic rings. The second kappa shape index (κ2) is 5.61. The van der Waals surface area contributed by atoms with E-state index in [4.69, 9.17) is 9.52 Å². The van der Waals surface area contributed by atoms with Crippen LogP contribution in [0, 0.1) is 6.92 Å². The lowest BCUT2D eigenvalue weighted by molar-refractivity contribution is 0.0696. The van der Waals surface area contributed by atoms with Crippen molar-refractivity contribution in [2.45, 2.75) is 20.3 Å². The third kappa shape index (κ3) is 2.88. The lowest BCUT2D eigenvalue weighted by Crippen LogP contribution is -2.12. The van der Waals surface area contributed by atoms with E-state index in [2.05, 4.69) is 5.32 Å². The quantitative estimate of drug-likeness (QED) is 0.897. The molecule has 1 heterocycles. The maximum Gasteiger partial charge on any atom is 0.335 e. The normalized spacial score (nSPS) is 10.3. The summed E-state index contributed by atoms with van der Waals surface area (Å²) in [6.45, 7) is 3.68. The number of hydrogen-bond acceptors (Lipinski definition) is 3. The Labute approximate surface area is 116 Å². The van der Waals surface area contributed by atoms with Gasteiger partial charge in [0.15, 0.2) is 5.76 Å². The summed E-state index contributed by atoms with van der Waals surface area (Å²) in [4.78, 5) is 22.8. The molecule has 0 bridgehead atoms. The van der Waals surface area contributed by atoms with Crippen molar-refractivity contribution in [1.82, 2.24) is 0 Å². The first kappa shape index (κ1) is 13.9. The molecular weight excluding hydrogens is 258 g/mol. The minimum absolute atomic E-state index is 0.187. The Morgan fingerprint density at radius 2 is 2.00 bits per heavy atom. The summed E-state index contributed by atoms with van der Waals surface area (Å²) in [5.74, 6) is -0.364. The Kier molecular flexibility index (Phi) is 3.89. The molecule has 5 nitrogen and oxygen atoms in total. The molecule has 1 amide bonds. The second-order valence-corrected chi connectivity index (χ2v) is 4.41. The number of aryl methyl sites for hydroxylation is 2. The molecule has 1 aromatic heterocycles. The summed E-state index contributed by atoms with van der Waals surface area (Å²) >= 11 is 0. The molecule has 0 radical (unpaired) electrons. The van der Waals surface area contributed by atoms with E-state index >= 15 is 0 Å². The van der Waals surface area contributed by atoms with Gasteiger partial charge in [-0.15, -0.1) is 0 Å². The van der Waals surface area contributed by atoms with Gasteiger partial charge in [0.2, 0.25) is 0 Å². The number of carbonyl (C=O) groups is 2. The molecule has 0 spiro atoms. The van der Waals surface area contributed by atoms with Crippen LogP contribution in [0.5, 0.6) is 0 Å². The van der Waals surface area contributed by atoms with E-state index in [0.717, 1.165) is 12.2 Å². The first-order chi connectivity index (χ1) is 9.51. The van der Waals surface area contributed by atoms with Crippen LogP contribution in [0.2, 0.25) is 0 Å². The highest BCUT2D eigenvalue weighted by atomic mass is 16.4. The highest BCUT2D eigenvalue weighted by Crippen LogP contribution is 2.18. The molecule has 0 unspecified atom stereocenters. The summed E-state index contributed by atoms with van der Waals surface area (Å²) in [6.07, 6.45) is 0.722. The average Bonchev–Trinajstić information content (AvgIpc) is 2.89. The van der Waals surface area contributed by atoms with Crippen molar-refractivity contribution in [2.24, 2.45) is 0 Å². The molecule has 5 heteroatoms. The fraction of sp³-hybridized carbons (Fsp3) is 0.200. The number of rotatable bonds is 4. The summed E-state index contributed by atoms with van der Waals surface area (Å²) in [5.41, 5.74) is 1.43. The van der Waals surface area contributed by atoms with E-state index in [1.54, 1.807) is 25.1 Å². The molecule has 0 atom stereocenters. The van der Waals surface area contributed by atoms with E-state index in [1.807, 2.05) is 6.92 Å². The lowest BCUT2D eigenvalue weighted by atomic mass is 10.1. The number of anilines is 1. The maximum absolute atomic E-state index is 12.0. The van der Waals surface area contributed by atoms with Gasteiger partial charge in [-0.2, -0.15) is 0 Å². The molecule has 2 aromatic rings. The van der Waals surface area contributed by atoms with Crippen LogP contribution in [0.4, 0.5) is 5.69 Å². The molecule has 0 saturated heterocycles. The minimum Gasteiger partial charge on any atom is -0.478 e. The summed E-state index contributed by atoms with van der Waals surface area (Å²) in [7, 11) is 0. The van der Waals surface area contributed by atoms with Crippen molar-refractivity contribution in [3.8, 4) is 0 Å². The largest absolute Gasteiger partial charge is 0.478 e. The summed E-state index contributed by atoms with van der Waals surface area (Å²) < 4.78 is 5.36. The molecule has 0 fully saturated rings. The third-order valence-corrected chi connectivity index (χ3v) is 2.96. The van der Waals surface area contributed by atoms with Crippen molar-refractivity contribution >= 4 is 17.6 Å². The van der Waals surface area contributed by atoms with Gasteiger partial charge >= 0.3 is 5.97 Å². The van der Waals surface area contributed by atoms with Crippen LogP contribution in [0.1, 0.15) is 39.2 Å². The van der Waals surface area contributed by atoms with Crippen molar-refractivity contribution < 1.29 is 19.1 Å². The fourth-order valence-electron chi connectivity index (χ4n) is 1.81. The lowest BCUT2D eigenvalue weighted by Gasteiger charge is -2.07. The Hall–Kier alpha value is -2.56. The predicted octanol–water partition coefficient (Wildman–Crippen LogP) is 3.10. The van der Waals surface area contributed by atoms with Crippen molar-refractivity contribution in [3.05, 3.63) is 53.0 Å². The van der Waals surface area contributed by atoms with Crippen LogP contribution < -0.4 is 5.32 Å². The first-order valence-electron chi connectivity index (χ1n) is 6.25. The number of carbonyl (C=O) groups excluding carboxylic acids is 1. The van der Waals surface area contributed by atoms with Gasteiger partial charge in [-0.05, 0) is 42.8 Å². The van der Waals surface area contributed by atoms with Gasteiger partial charge in [-0.3, -0.25) is 4.79 Å². The summed E-state index contributed by atoms with van der Waals surface area (Å²) in [5, 5.41) is 11.6. The number of hydrogen-bond donors (Lipinski definition) is 2. The van der Waals surface area contributed by atoms with E-state index < -0.39 is 5.97 Å². The molecule has 0 saturated carbocycles. The maximum atomic E-state index is 12.0. The standard InChI is InChI=1S/C15H15NO4/c1-3-11-5-7-13(20-11)14(17)16-12-6-4-10(15(18)19)8-9(12)2/h4-8H,3H2,1-2H3,(H,16,17)(H,18,19). The SMILES string of the molecule is CCc1ccc(C(=O)Nc2ccc(C(=O)O)cc2C)o1. The van der Waals surface area contributed by atoms with E-state index in [-0.39, 0.29) is 17.2 Å². The van der Waals surface area contributed by atoms with Crippen LogP contribution in [0.25, 0.3) is 0 Å². The number of furan rings is 1. The molecule has 0 aliphatic carbocycles. The van der Waals surface area contributed by atoms with Gasteiger partial charge in [0, 0.05) is 12.1 Å². The van der Waals surface area contributed by atoms with E-state index in [0.29, 0.717) is 11.3 Å². The molecule has 104 valence electrons. The van der Waals surface area contributed by atoms with Gasteiger partial charge in [-0.25, -0.2) is 4.79 Å². The minimum atomic E-state index is -0.996. The topological polar surface area (TPSA) is 79.5 Å². The monoisotopic (exact) mass is 273 g/mol.